The van der Waals surface area contributed by atoms with E-state index in [1.54, 1.807) is 24.4 Å². The van der Waals surface area contributed by atoms with E-state index in [2.05, 4.69) is 15.3 Å². The quantitative estimate of drug-likeness (QED) is 0.645. The van der Waals surface area contributed by atoms with Gasteiger partial charge in [0.25, 0.3) is 0 Å². The van der Waals surface area contributed by atoms with E-state index in [1.807, 2.05) is 38.1 Å². The highest BCUT2D eigenvalue weighted by molar-refractivity contribution is 7.89. The molecule has 0 fully saturated rings. The van der Waals surface area contributed by atoms with E-state index in [9.17, 15) is 8.42 Å². The van der Waals surface area contributed by atoms with Crippen molar-refractivity contribution in [2.45, 2.75) is 25.3 Å². The first-order chi connectivity index (χ1) is 12.9. The van der Waals surface area contributed by atoms with E-state index in [0.29, 0.717) is 41.5 Å². The first kappa shape index (κ1) is 19.5. The average molecular weight is 405 g/mol. The standard InChI is InChI=1S/C19H21ClN4O2S/c1-3-24(4-2)27(25,26)16-9-10-17-18(11-16)21-13-19(23-17)22-12-14-5-7-15(20)8-6-14/h5-11,13H,3-4,12H2,1-2H3,(H,22,23). The highest BCUT2D eigenvalue weighted by Crippen LogP contribution is 2.21. The van der Waals surface area contributed by atoms with E-state index < -0.39 is 10.0 Å². The molecule has 0 spiro atoms. The summed E-state index contributed by atoms with van der Waals surface area (Å²) < 4.78 is 26.7. The Morgan fingerprint density at radius 1 is 1.04 bits per heavy atom. The first-order valence-corrected chi connectivity index (χ1v) is 10.5. The maximum atomic E-state index is 12.6. The van der Waals surface area contributed by atoms with E-state index in [1.165, 1.54) is 4.31 Å². The third-order valence-corrected chi connectivity index (χ3v) is 6.54. The third kappa shape index (κ3) is 4.37. The largest absolute Gasteiger partial charge is 0.365 e. The number of nitrogens with zero attached hydrogens (tertiary/aromatic N) is 3. The fourth-order valence-electron chi connectivity index (χ4n) is 2.74. The zero-order chi connectivity index (χ0) is 19.4. The van der Waals surface area contributed by atoms with Gasteiger partial charge in [-0.05, 0) is 35.9 Å². The summed E-state index contributed by atoms with van der Waals surface area (Å²) in [6.07, 6.45) is 1.60. The summed E-state index contributed by atoms with van der Waals surface area (Å²) in [5.41, 5.74) is 2.25. The van der Waals surface area contributed by atoms with E-state index in [0.717, 1.165) is 5.56 Å². The molecule has 6 nitrogen and oxygen atoms in total. The van der Waals surface area contributed by atoms with Gasteiger partial charge in [0.15, 0.2) is 0 Å². The van der Waals surface area contributed by atoms with Crippen molar-refractivity contribution in [3.63, 3.8) is 0 Å². The fourth-order valence-corrected chi connectivity index (χ4v) is 4.35. The lowest BCUT2D eigenvalue weighted by atomic mass is 10.2. The summed E-state index contributed by atoms with van der Waals surface area (Å²) in [6.45, 7) is 5.08. The molecule has 0 atom stereocenters. The van der Waals surface area contributed by atoms with Gasteiger partial charge < -0.3 is 5.32 Å². The molecule has 0 saturated carbocycles. The van der Waals surface area contributed by atoms with Crippen molar-refractivity contribution in [2.24, 2.45) is 0 Å². The molecule has 0 bridgehead atoms. The minimum atomic E-state index is -3.51. The van der Waals surface area contributed by atoms with Crippen LogP contribution >= 0.6 is 11.6 Å². The van der Waals surface area contributed by atoms with Gasteiger partial charge in [0.2, 0.25) is 10.0 Å². The number of hydrogen-bond acceptors (Lipinski definition) is 5. The fraction of sp³-hybridized carbons (Fsp3) is 0.263. The molecule has 1 heterocycles. The number of sulfonamides is 1. The maximum absolute atomic E-state index is 12.6. The highest BCUT2D eigenvalue weighted by Gasteiger charge is 2.22. The van der Waals surface area contributed by atoms with Crippen molar-refractivity contribution >= 4 is 38.5 Å². The van der Waals surface area contributed by atoms with Crippen molar-refractivity contribution in [3.05, 3.63) is 59.2 Å². The lowest BCUT2D eigenvalue weighted by Crippen LogP contribution is -2.30. The molecular formula is C19H21ClN4O2S. The number of fused-ring (bicyclic) bond motifs is 1. The molecular weight excluding hydrogens is 384 g/mol. The van der Waals surface area contributed by atoms with Crippen LogP contribution in [0, 0.1) is 0 Å². The number of nitrogens with one attached hydrogen (secondary N) is 1. The van der Waals surface area contributed by atoms with Crippen LogP contribution in [0.4, 0.5) is 5.82 Å². The minimum Gasteiger partial charge on any atom is -0.365 e. The van der Waals surface area contributed by atoms with Crippen LogP contribution in [0.5, 0.6) is 0 Å². The van der Waals surface area contributed by atoms with Gasteiger partial charge in [-0.3, -0.25) is 4.98 Å². The van der Waals surface area contributed by atoms with Gasteiger partial charge in [-0.2, -0.15) is 4.31 Å². The van der Waals surface area contributed by atoms with Gasteiger partial charge in [-0.15, -0.1) is 0 Å². The van der Waals surface area contributed by atoms with Crippen LogP contribution in [0.3, 0.4) is 0 Å². The number of rotatable bonds is 7. The Balaban J connectivity index is 1.81. The van der Waals surface area contributed by atoms with Crippen molar-refractivity contribution in [1.29, 1.82) is 0 Å². The molecule has 1 aromatic heterocycles. The molecule has 2 aromatic carbocycles. The molecule has 0 aliphatic heterocycles. The smallest absolute Gasteiger partial charge is 0.243 e. The third-order valence-electron chi connectivity index (χ3n) is 4.24. The summed E-state index contributed by atoms with van der Waals surface area (Å²) in [5, 5.41) is 3.90. The second-order valence-corrected chi connectivity index (χ2v) is 8.35. The van der Waals surface area contributed by atoms with Crippen molar-refractivity contribution in [1.82, 2.24) is 14.3 Å². The van der Waals surface area contributed by atoms with Gasteiger partial charge in [0.05, 0.1) is 22.1 Å². The van der Waals surface area contributed by atoms with Gasteiger partial charge in [-0.25, -0.2) is 13.4 Å². The SMILES string of the molecule is CCN(CC)S(=O)(=O)c1ccc2nc(NCc3ccc(Cl)cc3)cnc2c1. The van der Waals surface area contributed by atoms with E-state index >= 15 is 0 Å². The maximum Gasteiger partial charge on any atom is 0.243 e. The topological polar surface area (TPSA) is 75.2 Å². The summed E-state index contributed by atoms with van der Waals surface area (Å²) in [4.78, 5) is 9.10. The molecule has 27 heavy (non-hydrogen) atoms. The van der Waals surface area contributed by atoms with Crippen molar-refractivity contribution < 1.29 is 8.42 Å². The number of hydrogen-bond donors (Lipinski definition) is 1. The van der Waals surface area contributed by atoms with E-state index in [-0.39, 0.29) is 4.90 Å². The predicted molar refractivity (Wildman–Crippen MR) is 108 cm³/mol. The van der Waals surface area contributed by atoms with Crippen LogP contribution in [0.25, 0.3) is 11.0 Å². The average Bonchev–Trinajstić information content (AvgIpc) is 2.67. The van der Waals surface area contributed by atoms with Crippen molar-refractivity contribution in [3.8, 4) is 0 Å². The number of anilines is 1. The minimum absolute atomic E-state index is 0.231. The first-order valence-electron chi connectivity index (χ1n) is 8.69. The molecule has 0 radical (unpaired) electrons. The van der Waals surface area contributed by atoms with Crippen LogP contribution < -0.4 is 5.32 Å². The second kappa shape index (κ2) is 8.21. The summed E-state index contributed by atoms with van der Waals surface area (Å²) in [7, 11) is -3.51. The molecule has 0 aliphatic carbocycles. The Kier molecular flexibility index (Phi) is 5.94. The van der Waals surface area contributed by atoms with Crippen molar-refractivity contribution in [2.75, 3.05) is 18.4 Å². The van der Waals surface area contributed by atoms with Gasteiger partial charge >= 0.3 is 0 Å². The molecule has 142 valence electrons. The number of halogens is 1. The lowest BCUT2D eigenvalue weighted by Gasteiger charge is -2.18. The van der Waals surface area contributed by atoms with Gasteiger partial charge in [-0.1, -0.05) is 37.6 Å². The molecule has 8 heteroatoms. The second-order valence-electron chi connectivity index (χ2n) is 5.98. The van der Waals surface area contributed by atoms with Crippen LogP contribution in [0.15, 0.2) is 53.6 Å². The molecule has 3 rings (SSSR count). The normalized spacial score (nSPS) is 11.9. The number of aromatic nitrogens is 2. The molecule has 1 N–H and O–H groups in total. The highest BCUT2D eigenvalue weighted by atomic mass is 35.5. The zero-order valence-corrected chi connectivity index (χ0v) is 16.8. The Morgan fingerprint density at radius 3 is 2.41 bits per heavy atom. The Hall–Kier alpha value is -2.22. The van der Waals surface area contributed by atoms with E-state index in [4.69, 9.17) is 11.6 Å². The Morgan fingerprint density at radius 2 is 1.74 bits per heavy atom. The number of benzene rings is 2. The summed E-state index contributed by atoms with van der Waals surface area (Å²) in [5.74, 6) is 0.622. The summed E-state index contributed by atoms with van der Waals surface area (Å²) in [6, 6.07) is 12.4. The van der Waals surface area contributed by atoms with Crippen LogP contribution in [0.1, 0.15) is 19.4 Å². The van der Waals surface area contributed by atoms with Gasteiger partial charge in [0, 0.05) is 24.7 Å². The molecule has 0 aliphatic rings. The summed E-state index contributed by atoms with van der Waals surface area (Å²) >= 11 is 5.89. The molecule has 3 aromatic rings. The monoisotopic (exact) mass is 404 g/mol. The predicted octanol–water partition coefficient (Wildman–Crippen LogP) is 3.93. The molecule has 0 unspecified atom stereocenters. The molecule has 0 amide bonds. The molecule has 0 saturated heterocycles. The van der Waals surface area contributed by atoms with Crippen LogP contribution in [0.2, 0.25) is 5.02 Å². The van der Waals surface area contributed by atoms with Gasteiger partial charge in [0.1, 0.15) is 5.82 Å². The lowest BCUT2D eigenvalue weighted by molar-refractivity contribution is 0.445. The zero-order valence-electron chi connectivity index (χ0n) is 15.2. The Labute approximate surface area is 164 Å². The van der Waals surface area contributed by atoms with Crippen LogP contribution in [-0.4, -0.2) is 35.8 Å². The Bertz CT molecular complexity index is 1040. The van der Waals surface area contributed by atoms with Crippen LogP contribution in [-0.2, 0) is 16.6 Å².